The van der Waals surface area contributed by atoms with Crippen LogP contribution in [0.5, 0.6) is 0 Å². The zero-order valence-corrected chi connectivity index (χ0v) is 19.4. The average Bonchev–Trinajstić information content (AvgIpc) is 3.04. The number of fused-ring (bicyclic) bond motifs is 1. The molecular weight excluding hydrogens is 426 g/mol. The number of amides is 2. The molecule has 0 spiro atoms. The summed E-state index contributed by atoms with van der Waals surface area (Å²) >= 11 is 0. The number of hydrogen-bond donors (Lipinski definition) is 0. The van der Waals surface area contributed by atoms with Crippen molar-refractivity contribution in [2.24, 2.45) is 0 Å². The SMILES string of the molecule is C=C1c2ccccc2C(=O)N1C(C)C(=O)N1CCN(S(=O)(=O)c2cc(C)ccc2C)CC1. The quantitative estimate of drug-likeness (QED) is 0.713. The second-order valence-electron chi connectivity index (χ2n) is 8.34. The van der Waals surface area contributed by atoms with Gasteiger partial charge in [-0.3, -0.25) is 14.5 Å². The molecule has 1 unspecified atom stereocenters. The molecule has 168 valence electrons. The Morgan fingerprint density at radius 2 is 1.62 bits per heavy atom. The zero-order chi connectivity index (χ0) is 23.2. The van der Waals surface area contributed by atoms with Crippen LogP contribution in [0.1, 0.15) is 34.0 Å². The van der Waals surface area contributed by atoms with Crippen molar-refractivity contribution in [1.82, 2.24) is 14.1 Å². The summed E-state index contributed by atoms with van der Waals surface area (Å²) in [6.45, 7) is 10.3. The maximum atomic E-state index is 13.2. The molecule has 0 bridgehead atoms. The topological polar surface area (TPSA) is 78.0 Å². The van der Waals surface area contributed by atoms with Crippen molar-refractivity contribution in [3.8, 4) is 0 Å². The summed E-state index contributed by atoms with van der Waals surface area (Å²) < 4.78 is 27.7. The number of carbonyl (C=O) groups excluding carboxylic acids is 2. The molecule has 1 fully saturated rings. The predicted molar refractivity (Wildman–Crippen MR) is 122 cm³/mol. The fourth-order valence-electron chi connectivity index (χ4n) is 4.36. The minimum absolute atomic E-state index is 0.212. The zero-order valence-electron chi connectivity index (χ0n) is 18.5. The van der Waals surface area contributed by atoms with Crippen LogP contribution in [-0.4, -0.2) is 66.6 Å². The van der Waals surface area contributed by atoms with E-state index in [1.807, 2.05) is 31.2 Å². The van der Waals surface area contributed by atoms with Gasteiger partial charge < -0.3 is 4.90 Å². The summed E-state index contributed by atoms with van der Waals surface area (Å²) in [5.74, 6) is -0.446. The van der Waals surface area contributed by atoms with Crippen LogP contribution in [0.4, 0.5) is 0 Å². The van der Waals surface area contributed by atoms with E-state index in [4.69, 9.17) is 0 Å². The van der Waals surface area contributed by atoms with Gasteiger partial charge >= 0.3 is 0 Å². The molecule has 2 aromatic carbocycles. The molecule has 0 aromatic heterocycles. The first-order valence-corrected chi connectivity index (χ1v) is 12.0. The van der Waals surface area contributed by atoms with Crippen LogP contribution in [0.15, 0.2) is 53.9 Å². The van der Waals surface area contributed by atoms with Crippen molar-refractivity contribution >= 4 is 27.5 Å². The standard InChI is InChI=1S/C24H27N3O4S/c1-16-9-10-17(2)22(15-16)32(30,31)26-13-11-25(12-14-26)23(28)19(4)27-18(3)20-7-5-6-8-21(20)24(27)29/h5-10,15,19H,3,11-14H2,1-2,4H3. The molecule has 0 aliphatic carbocycles. The van der Waals surface area contributed by atoms with Crippen LogP contribution in [-0.2, 0) is 14.8 Å². The third-order valence-electron chi connectivity index (χ3n) is 6.23. The Morgan fingerprint density at radius 1 is 1.00 bits per heavy atom. The lowest BCUT2D eigenvalue weighted by Crippen LogP contribution is -2.55. The van der Waals surface area contributed by atoms with Gasteiger partial charge in [-0.25, -0.2) is 8.42 Å². The third kappa shape index (κ3) is 3.63. The third-order valence-corrected chi connectivity index (χ3v) is 8.28. The number of rotatable bonds is 4. The van der Waals surface area contributed by atoms with Gasteiger partial charge in [0.2, 0.25) is 15.9 Å². The van der Waals surface area contributed by atoms with Crippen molar-refractivity contribution in [2.75, 3.05) is 26.2 Å². The summed E-state index contributed by atoms with van der Waals surface area (Å²) in [7, 11) is -3.64. The number of benzene rings is 2. The van der Waals surface area contributed by atoms with E-state index in [1.165, 1.54) is 9.21 Å². The number of hydrogen-bond acceptors (Lipinski definition) is 4. The van der Waals surface area contributed by atoms with E-state index in [9.17, 15) is 18.0 Å². The largest absolute Gasteiger partial charge is 0.338 e. The highest BCUT2D eigenvalue weighted by atomic mass is 32.2. The molecule has 0 radical (unpaired) electrons. The first kappa shape index (κ1) is 22.2. The highest BCUT2D eigenvalue weighted by Gasteiger charge is 2.39. The summed E-state index contributed by atoms with van der Waals surface area (Å²) in [6, 6.07) is 11.8. The number of piperazine rings is 1. The molecule has 1 saturated heterocycles. The highest BCUT2D eigenvalue weighted by molar-refractivity contribution is 7.89. The summed E-state index contributed by atoms with van der Waals surface area (Å²) in [5, 5.41) is 0. The molecule has 2 aliphatic heterocycles. The van der Waals surface area contributed by atoms with E-state index < -0.39 is 16.1 Å². The van der Waals surface area contributed by atoms with Crippen molar-refractivity contribution in [3.05, 3.63) is 71.3 Å². The van der Waals surface area contributed by atoms with E-state index in [2.05, 4.69) is 6.58 Å². The Morgan fingerprint density at radius 3 is 2.25 bits per heavy atom. The Bertz CT molecular complexity index is 1180. The van der Waals surface area contributed by atoms with E-state index in [0.717, 1.165) is 11.1 Å². The Kier molecular flexibility index (Phi) is 5.68. The maximum Gasteiger partial charge on any atom is 0.259 e. The van der Waals surface area contributed by atoms with Gasteiger partial charge in [0, 0.05) is 43.0 Å². The average molecular weight is 454 g/mol. The second kappa shape index (κ2) is 8.18. The summed E-state index contributed by atoms with van der Waals surface area (Å²) in [4.78, 5) is 29.4. The second-order valence-corrected chi connectivity index (χ2v) is 10.2. The van der Waals surface area contributed by atoms with Crippen LogP contribution >= 0.6 is 0 Å². The fraction of sp³-hybridized carbons (Fsp3) is 0.333. The number of carbonyl (C=O) groups is 2. The molecule has 2 aromatic rings. The van der Waals surface area contributed by atoms with Gasteiger partial charge in [0.15, 0.2) is 0 Å². The van der Waals surface area contributed by atoms with Gasteiger partial charge in [0.1, 0.15) is 6.04 Å². The van der Waals surface area contributed by atoms with Gasteiger partial charge in [-0.05, 0) is 44.0 Å². The van der Waals surface area contributed by atoms with Crippen molar-refractivity contribution in [2.45, 2.75) is 31.7 Å². The minimum atomic E-state index is -3.64. The highest BCUT2D eigenvalue weighted by Crippen LogP contribution is 2.33. The van der Waals surface area contributed by atoms with E-state index in [0.29, 0.717) is 21.7 Å². The van der Waals surface area contributed by atoms with Crippen molar-refractivity contribution in [1.29, 1.82) is 0 Å². The molecular formula is C24H27N3O4S. The lowest BCUT2D eigenvalue weighted by Gasteiger charge is -2.37. The molecule has 4 rings (SSSR count). The van der Waals surface area contributed by atoms with Gasteiger partial charge in [-0.15, -0.1) is 0 Å². The van der Waals surface area contributed by atoms with Gasteiger partial charge in [-0.2, -0.15) is 4.31 Å². The molecule has 2 heterocycles. The lowest BCUT2D eigenvalue weighted by molar-refractivity contribution is -0.135. The molecule has 2 amide bonds. The maximum absolute atomic E-state index is 13.2. The van der Waals surface area contributed by atoms with Crippen LogP contribution in [0.2, 0.25) is 0 Å². The summed E-state index contributed by atoms with van der Waals surface area (Å²) in [5.41, 5.74) is 3.38. The predicted octanol–water partition coefficient (Wildman–Crippen LogP) is 2.65. The summed E-state index contributed by atoms with van der Waals surface area (Å²) in [6.07, 6.45) is 0. The number of nitrogens with zero attached hydrogens (tertiary/aromatic N) is 3. The van der Waals surface area contributed by atoms with Crippen LogP contribution in [0.3, 0.4) is 0 Å². The Labute approximate surface area is 189 Å². The molecule has 0 N–H and O–H groups in total. The van der Waals surface area contributed by atoms with Crippen molar-refractivity contribution in [3.63, 3.8) is 0 Å². The molecule has 2 aliphatic rings. The minimum Gasteiger partial charge on any atom is -0.338 e. The first-order chi connectivity index (χ1) is 15.1. The van der Waals surface area contributed by atoms with E-state index >= 15 is 0 Å². The number of sulfonamides is 1. The Balaban J connectivity index is 1.46. The van der Waals surface area contributed by atoms with E-state index in [-0.39, 0.29) is 38.0 Å². The molecule has 8 heteroatoms. The Hall–Kier alpha value is -2.97. The fourth-order valence-corrected chi connectivity index (χ4v) is 6.09. The van der Waals surface area contributed by atoms with Gasteiger partial charge in [-0.1, -0.05) is 36.9 Å². The molecule has 7 nitrogen and oxygen atoms in total. The molecule has 1 atom stereocenters. The van der Waals surface area contributed by atoms with E-state index in [1.54, 1.807) is 36.9 Å². The van der Waals surface area contributed by atoms with Crippen LogP contribution in [0.25, 0.3) is 5.70 Å². The number of aryl methyl sites for hydroxylation is 2. The van der Waals surface area contributed by atoms with Crippen LogP contribution < -0.4 is 0 Å². The molecule has 0 saturated carbocycles. The molecule has 32 heavy (non-hydrogen) atoms. The lowest BCUT2D eigenvalue weighted by atomic mass is 10.1. The smallest absolute Gasteiger partial charge is 0.259 e. The van der Waals surface area contributed by atoms with Crippen molar-refractivity contribution < 1.29 is 18.0 Å². The van der Waals surface area contributed by atoms with Gasteiger partial charge in [0.25, 0.3) is 5.91 Å². The monoisotopic (exact) mass is 453 g/mol. The first-order valence-electron chi connectivity index (χ1n) is 10.6. The van der Waals surface area contributed by atoms with Gasteiger partial charge in [0.05, 0.1) is 4.90 Å². The normalized spacial score (nSPS) is 18.1. The van der Waals surface area contributed by atoms with Crippen LogP contribution in [0, 0.1) is 13.8 Å².